The number of isocyanates is 1. The Morgan fingerprint density at radius 1 is 1.36 bits per heavy atom. The van der Waals surface area contributed by atoms with E-state index in [-0.39, 0.29) is 0 Å². The van der Waals surface area contributed by atoms with Gasteiger partial charge in [0, 0.05) is 16.6 Å². The summed E-state index contributed by atoms with van der Waals surface area (Å²) >= 11 is 5.82. The van der Waals surface area contributed by atoms with Gasteiger partial charge in [-0.05, 0) is 23.6 Å². The second kappa shape index (κ2) is 3.58. The average molecular weight is 205 g/mol. The van der Waals surface area contributed by atoms with Crippen LogP contribution in [-0.4, -0.2) is 11.1 Å². The highest BCUT2D eigenvalue weighted by Crippen LogP contribution is 2.25. The molecule has 0 saturated carbocycles. The Morgan fingerprint density at radius 2 is 2.21 bits per heavy atom. The topological polar surface area (TPSA) is 42.3 Å². The van der Waals surface area contributed by atoms with Gasteiger partial charge in [0.15, 0.2) is 5.82 Å². The number of aliphatic imine (C=N–C) groups is 1. The summed E-state index contributed by atoms with van der Waals surface area (Å²) in [5, 5.41) is 2.29. The normalized spacial score (nSPS) is 9.79. The number of halogens is 1. The van der Waals surface area contributed by atoms with Gasteiger partial charge in [-0.25, -0.2) is 9.78 Å². The summed E-state index contributed by atoms with van der Waals surface area (Å²) in [7, 11) is 0. The Morgan fingerprint density at radius 3 is 3.00 bits per heavy atom. The minimum atomic E-state index is 0.347. The number of rotatable bonds is 1. The number of hydrogen-bond donors (Lipinski definition) is 0. The van der Waals surface area contributed by atoms with Gasteiger partial charge >= 0.3 is 0 Å². The maximum atomic E-state index is 10.1. The molecule has 0 atom stereocenters. The highest BCUT2D eigenvalue weighted by atomic mass is 35.5. The lowest BCUT2D eigenvalue weighted by molar-refractivity contribution is 0.565. The lowest BCUT2D eigenvalue weighted by Gasteiger charge is -1.99. The molecule has 0 spiro atoms. The van der Waals surface area contributed by atoms with Crippen LogP contribution < -0.4 is 0 Å². The fourth-order valence-corrected chi connectivity index (χ4v) is 1.43. The maximum absolute atomic E-state index is 10.1. The van der Waals surface area contributed by atoms with Crippen molar-refractivity contribution < 1.29 is 4.79 Å². The first-order valence-corrected chi connectivity index (χ1v) is 4.31. The van der Waals surface area contributed by atoms with Crippen LogP contribution in [0.25, 0.3) is 10.8 Å². The number of aromatic nitrogens is 1. The molecule has 1 aromatic carbocycles. The van der Waals surface area contributed by atoms with E-state index in [0.29, 0.717) is 10.8 Å². The van der Waals surface area contributed by atoms with Gasteiger partial charge in [0.2, 0.25) is 6.08 Å². The van der Waals surface area contributed by atoms with Gasteiger partial charge in [0.05, 0.1) is 0 Å². The quantitative estimate of drug-likeness (QED) is 0.530. The van der Waals surface area contributed by atoms with Gasteiger partial charge < -0.3 is 0 Å². The summed E-state index contributed by atoms with van der Waals surface area (Å²) in [5.74, 6) is 0.347. The molecule has 1 heterocycles. The molecule has 0 N–H and O–H groups in total. The minimum Gasteiger partial charge on any atom is -0.236 e. The molecular formula is C10H5ClN2O. The minimum absolute atomic E-state index is 0.347. The smallest absolute Gasteiger partial charge is 0.236 e. The van der Waals surface area contributed by atoms with Crippen molar-refractivity contribution in [1.82, 2.24) is 4.98 Å². The summed E-state index contributed by atoms with van der Waals surface area (Å²) in [6, 6.07) is 7.18. The highest BCUT2D eigenvalue weighted by Gasteiger charge is 2.01. The van der Waals surface area contributed by atoms with Crippen molar-refractivity contribution in [2.24, 2.45) is 4.99 Å². The molecule has 0 saturated heterocycles. The van der Waals surface area contributed by atoms with Crippen LogP contribution in [0.4, 0.5) is 5.82 Å². The first-order valence-electron chi connectivity index (χ1n) is 3.93. The number of carbonyl (C=O) groups excluding carboxylic acids is 1. The largest absolute Gasteiger partial charge is 0.242 e. The Balaban J connectivity index is 2.83. The van der Waals surface area contributed by atoms with Crippen molar-refractivity contribution in [2.45, 2.75) is 0 Å². The summed E-state index contributed by atoms with van der Waals surface area (Å²) < 4.78 is 0. The van der Waals surface area contributed by atoms with Crippen LogP contribution in [-0.2, 0) is 4.79 Å². The zero-order chi connectivity index (χ0) is 9.97. The summed E-state index contributed by atoms with van der Waals surface area (Å²) in [4.78, 5) is 17.6. The van der Waals surface area contributed by atoms with Crippen LogP contribution in [0, 0.1) is 0 Å². The van der Waals surface area contributed by atoms with E-state index in [1.54, 1.807) is 18.3 Å². The Kier molecular flexibility index (Phi) is 2.27. The average Bonchev–Trinajstić information content (AvgIpc) is 2.19. The highest BCUT2D eigenvalue weighted by molar-refractivity contribution is 6.31. The van der Waals surface area contributed by atoms with Gasteiger partial charge in [-0.15, -0.1) is 4.99 Å². The van der Waals surface area contributed by atoms with Crippen LogP contribution in [0.5, 0.6) is 0 Å². The molecule has 4 heteroatoms. The Hall–Kier alpha value is -1.70. The lowest BCUT2D eigenvalue weighted by atomic mass is 10.2. The maximum Gasteiger partial charge on any atom is 0.242 e. The third-order valence-electron chi connectivity index (χ3n) is 1.86. The van der Waals surface area contributed by atoms with Gasteiger partial charge in [-0.2, -0.15) is 0 Å². The predicted octanol–water partition coefficient (Wildman–Crippen LogP) is 2.86. The number of pyridine rings is 1. The first-order chi connectivity index (χ1) is 6.81. The molecule has 0 amide bonds. The van der Waals surface area contributed by atoms with Gasteiger partial charge in [-0.1, -0.05) is 17.7 Å². The van der Waals surface area contributed by atoms with Crippen molar-refractivity contribution >= 4 is 34.3 Å². The molecule has 0 bridgehead atoms. The van der Waals surface area contributed by atoms with Gasteiger partial charge in [0.1, 0.15) is 0 Å². The van der Waals surface area contributed by atoms with Crippen LogP contribution in [0.2, 0.25) is 5.02 Å². The standard InChI is InChI=1S/C10H5ClN2O/c11-8-2-1-7-3-4-12-10(13-6-14)9(7)5-8/h1-5H. The SMILES string of the molecule is O=C=Nc1nccc2ccc(Cl)cc12. The van der Waals surface area contributed by atoms with Crippen molar-refractivity contribution in [1.29, 1.82) is 0 Å². The number of fused-ring (bicyclic) bond motifs is 1. The van der Waals surface area contributed by atoms with E-state index >= 15 is 0 Å². The van der Waals surface area contributed by atoms with Crippen molar-refractivity contribution in [3.63, 3.8) is 0 Å². The molecular weight excluding hydrogens is 200 g/mol. The van der Waals surface area contributed by atoms with E-state index in [1.165, 1.54) is 6.08 Å². The number of hydrogen-bond acceptors (Lipinski definition) is 3. The molecule has 0 unspecified atom stereocenters. The van der Waals surface area contributed by atoms with E-state index in [0.717, 1.165) is 10.8 Å². The molecule has 0 fully saturated rings. The summed E-state index contributed by atoms with van der Waals surface area (Å²) in [6.07, 6.45) is 3.05. The van der Waals surface area contributed by atoms with E-state index < -0.39 is 0 Å². The van der Waals surface area contributed by atoms with Crippen LogP contribution in [0.3, 0.4) is 0 Å². The fourth-order valence-electron chi connectivity index (χ4n) is 1.26. The lowest BCUT2D eigenvalue weighted by Crippen LogP contribution is -1.78. The van der Waals surface area contributed by atoms with Crippen LogP contribution in [0.15, 0.2) is 35.5 Å². The molecule has 68 valence electrons. The summed E-state index contributed by atoms with van der Waals surface area (Å²) in [6.45, 7) is 0. The van der Waals surface area contributed by atoms with Crippen molar-refractivity contribution in [2.75, 3.05) is 0 Å². The predicted molar refractivity (Wildman–Crippen MR) is 54.5 cm³/mol. The van der Waals surface area contributed by atoms with E-state index in [1.807, 2.05) is 12.1 Å². The molecule has 1 aromatic heterocycles. The molecule has 0 aliphatic rings. The molecule has 0 aliphatic carbocycles. The van der Waals surface area contributed by atoms with E-state index in [2.05, 4.69) is 9.98 Å². The molecule has 0 radical (unpaired) electrons. The first kappa shape index (κ1) is 8.88. The second-order valence-corrected chi connectivity index (χ2v) is 3.14. The fraction of sp³-hybridized carbons (Fsp3) is 0. The zero-order valence-electron chi connectivity index (χ0n) is 7.07. The third kappa shape index (κ3) is 1.51. The van der Waals surface area contributed by atoms with E-state index in [9.17, 15) is 4.79 Å². The van der Waals surface area contributed by atoms with Crippen molar-refractivity contribution in [3.8, 4) is 0 Å². The second-order valence-electron chi connectivity index (χ2n) is 2.70. The Labute approximate surface area is 85.1 Å². The molecule has 2 rings (SSSR count). The number of nitrogens with zero attached hydrogens (tertiary/aromatic N) is 2. The van der Waals surface area contributed by atoms with Gasteiger partial charge in [0.25, 0.3) is 0 Å². The number of benzene rings is 1. The molecule has 0 aliphatic heterocycles. The molecule has 3 nitrogen and oxygen atoms in total. The zero-order valence-corrected chi connectivity index (χ0v) is 7.82. The Bertz CT molecular complexity index is 533. The molecule has 2 aromatic rings. The van der Waals surface area contributed by atoms with E-state index in [4.69, 9.17) is 11.6 Å². The van der Waals surface area contributed by atoms with Crippen molar-refractivity contribution in [3.05, 3.63) is 35.5 Å². The van der Waals surface area contributed by atoms with Gasteiger partial charge in [-0.3, -0.25) is 0 Å². The summed E-state index contributed by atoms with van der Waals surface area (Å²) in [5.41, 5.74) is 0. The monoisotopic (exact) mass is 204 g/mol. The molecule has 14 heavy (non-hydrogen) atoms. The van der Waals surface area contributed by atoms with Crippen LogP contribution >= 0.6 is 11.6 Å². The van der Waals surface area contributed by atoms with Crippen LogP contribution in [0.1, 0.15) is 0 Å². The third-order valence-corrected chi connectivity index (χ3v) is 2.09.